The predicted molar refractivity (Wildman–Crippen MR) is 207 cm³/mol. The van der Waals surface area contributed by atoms with E-state index in [2.05, 4.69) is 31.3 Å². The maximum absolute atomic E-state index is 12.8. The number of carbonyl (C=O) groups is 1. The normalized spacial score (nSPS) is 22.2. The van der Waals surface area contributed by atoms with Crippen molar-refractivity contribution >= 4 is 5.91 Å². The zero-order valence-corrected chi connectivity index (χ0v) is 32.6. The van der Waals surface area contributed by atoms with Crippen molar-refractivity contribution in [1.29, 1.82) is 0 Å². The minimum Gasteiger partial charge on any atom is -0.394 e. The summed E-state index contributed by atoms with van der Waals surface area (Å²) >= 11 is 0. The van der Waals surface area contributed by atoms with E-state index in [1.165, 1.54) is 122 Å². The highest BCUT2D eigenvalue weighted by Crippen LogP contribution is 2.22. The molecule has 1 fully saturated rings. The topological polar surface area (TPSA) is 149 Å². The second-order valence-electron chi connectivity index (χ2n) is 14.8. The van der Waals surface area contributed by atoms with Crippen LogP contribution in [0.1, 0.15) is 181 Å². The van der Waals surface area contributed by atoms with Gasteiger partial charge in [-0.15, -0.1) is 0 Å². The van der Waals surface area contributed by atoms with E-state index in [0.717, 1.165) is 38.5 Å². The second kappa shape index (κ2) is 33.3. The van der Waals surface area contributed by atoms with Gasteiger partial charge in [0.2, 0.25) is 5.91 Å². The van der Waals surface area contributed by atoms with Gasteiger partial charge in [0.15, 0.2) is 6.29 Å². The molecule has 0 aromatic rings. The summed E-state index contributed by atoms with van der Waals surface area (Å²) in [6.45, 7) is 3.70. The van der Waals surface area contributed by atoms with Gasteiger partial charge in [0.1, 0.15) is 24.4 Å². The zero-order chi connectivity index (χ0) is 37.4. The SMILES string of the molecule is CCCCCCCCCCCCCCCCC/C=C/CC/C=C/C(O)C(COC1OC(CO)C(O)C(O)C1O)NC(=O)CCCCCCCCC. The quantitative estimate of drug-likeness (QED) is 0.0289. The Balaban J connectivity index is 2.33. The summed E-state index contributed by atoms with van der Waals surface area (Å²) in [5.41, 5.74) is 0. The highest BCUT2D eigenvalue weighted by atomic mass is 16.7. The summed E-state index contributed by atoms with van der Waals surface area (Å²) in [4.78, 5) is 12.8. The molecule has 0 aliphatic carbocycles. The van der Waals surface area contributed by atoms with Crippen LogP contribution in [0.3, 0.4) is 0 Å². The average molecular weight is 726 g/mol. The number of amides is 1. The number of aliphatic hydroxyl groups is 5. The molecule has 0 aromatic heterocycles. The molecule has 1 heterocycles. The van der Waals surface area contributed by atoms with Crippen LogP contribution in [0.5, 0.6) is 0 Å². The van der Waals surface area contributed by atoms with E-state index in [1.54, 1.807) is 6.08 Å². The van der Waals surface area contributed by atoms with Crippen molar-refractivity contribution < 1.29 is 39.8 Å². The average Bonchev–Trinajstić information content (AvgIpc) is 3.13. The Labute approximate surface area is 311 Å². The molecule has 9 heteroatoms. The third-order valence-corrected chi connectivity index (χ3v) is 10.0. The van der Waals surface area contributed by atoms with E-state index in [0.29, 0.717) is 6.42 Å². The molecule has 0 saturated carbocycles. The first-order chi connectivity index (χ1) is 24.8. The molecule has 0 aromatic carbocycles. The number of nitrogens with one attached hydrogen (secondary N) is 1. The van der Waals surface area contributed by atoms with Gasteiger partial charge in [-0.2, -0.15) is 0 Å². The third-order valence-electron chi connectivity index (χ3n) is 10.0. The summed E-state index contributed by atoms with van der Waals surface area (Å²) in [5, 5.41) is 53.8. The molecular weight excluding hydrogens is 646 g/mol. The number of unbranched alkanes of at least 4 members (excludes halogenated alkanes) is 22. The maximum Gasteiger partial charge on any atom is 0.220 e. The summed E-state index contributed by atoms with van der Waals surface area (Å²) in [5.74, 6) is -0.194. The fourth-order valence-electron chi connectivity index (χ4n) is 6.58. The lowest BCUT2D eigenvalue weighted by atomic mass is 9.99. The van der Waals surface area contributed by atoms with Gasteiger partial charge in [-0.25, -0.2) is 0 Å². The summed E-state index contributed by atoms with van der Waals surface area (Å²) < 4.78 is 11.1. The molecule has 1 aliphatic heterocycles. The van der Waals surface area contributed by atoms with Crippen molar-refractivity contribution in [3.63, 3.8) is 0 Å². The molecule has 1 saturated heterocycles. The Morgan fingerprint density at radius 3 is 1.65 bits per heavy atom. The van der Waals surface area contributed by atoms with Gasteiger partial charge in [-0.3, -0.25) is 4.79 Å². The van der Waals surface area contributed by atoms with Gasteiger partial charge in [0.25, 0.3) is 0 Å². The summed E-state index contributed by atoms with van der Waals surface area (Å²) in [6, 6.07) is -0.814. The van der Waals surface area contributed by atoms with E-state index >= 15 is 0 Å². The van der Waals surface area contributed by atoms with Crippen LogP contribution < -0.4 is 5.32 Å². The van der Waals surface area contributed by atoms with E-state index in [4.69, 9.17) is 9.47 Å². The first-order valence-electron chi connectivity index (χ1n) is 21.1. The number of aliphatic hydroxyl groups excluding tert-OH is 5. The lowest BCUT2D eigenvalue weighted by Crippen LogP contribution is -2.60. The van der Waals surface area contributed by atoms with Crippen LogP contribution in [0.2, 0.25) is 0 Å². The highest BCUT2D eigenvalue weighted by molar-refractivity contribution is 5.76. The molecule has 6 N–H and O–H groups in total. The number of carbonyl (C=O) groups excluding carboxylic acids is 1. The van der Waals surface area contributed by atoms with Gasteiger partial charge in [0.05, 0.1) is 25.4 Å². The number of hydrogen-bond acceptors (Lipinski definition) is 8. The standard InChI is InChI=1S/C42H79NO8/c1-3-5-7-9-11-12-13-14-15-16-17-18-19-20-21-22-23-24-26-27-29-31-36(45)35(43-38(46)32-30-28-25-10-8-6-4-2)34-50-42-41(49)40(48)39(47)37(33-44)51-42/h23-24,29,31,35-37,39-42,44-45,47-49H,3-22,25-28,30,32-34H2,1-2H3,(H,43,46)/b24-23+,31-29+. The number of rotatable bonds is 34. The molecule has 1 rings (SSSR count). The minimum absolute atomic E-state index is 0.194. The van der Waals surface area contributed by atoms with Crippen molar-refractivity contribution in [3.8, 4) is 0 Å². The Kier molecular flexibility index (Phi) is 31.1. The molecule has 0 spiro atoms. The molecule has 7 unspecified atom stereocenters. The van der Waals surface area contributed by atoms with Gasteiger partial charge in [0, 0.05) is 6.42 Å². The largest absolute Gasteiger partial charge is 0.394 e. The smallest absolute Gasteiger partial charge is 0.220 e. The summed E-state index contributed by atoms with van der Waals surface area (Å²) in [6.07, 6.45) is 31.1. The van der Waals surface area contributed by atoms with Crippen LogP contribution in [0, 0.1) is 0 Å². The minimum atomic E-state index is -1.57. The van der Waals surface area contributed by atoms with Crippen molar-refractivity contribution in [2.24, 2.45) is 0 Å². The summed E-state index contributed by atoms with van der Waals surface area (Å²) in [7, 11) is 0. The predicted octanol–water partition coefficient (Wildman–Crippen LogP) is 7.94. The number of hydrogen-bond donors (Lipinski definition) is 6. The van der Waals surface area contributed by atoms with E-state index in [-0.39, 0.29) is 12.5 Å². The van der Waals surface area contributed by atoms with Gasteiger partial charge >= 0.3 is 0 Å². The fourth-order valence-corrected chi connectivity index (χ4v) is 6.58. The van der Waals surface area contributed by atoms with E-state index in [1.807, 2.05) is 6.08 Å². The van der Waals surface area contributed by atoms with Crippen molar-refractivity contribution in [2.75, 3.05) is 13.2 Å². The van der Waals surface area contributed by atoms with Gasteiger partial charge in [-0.1, -0.05) is 167 Å². The van der Waals surface area contributed by atoms with Crippen LogP contribution in [-0.2, 0) is 14.3 Å². The molecule has 1 amide bonds. The Morgan fingerprint density at radius 1 is 0.647 bits per heavy atom. The molecule has 7 atom stereocenters. The molecule has 51 heavy (non-hydrogen) atoms. The van der Waals surface area contributed by atoms with Gasteiger partial charge < -0.3 is 40.3 Å². The molecule has 0 radical (unpaired) electrons. The van der Waals surface area contributed by atoms with Crippen LogP contribution in [-0.4, -0.2) is 87.5 Å². The molecule has 9 nitrogen and oxygen atoms in total. The van der Waals surface area contributed by atoms with Crippen molar-refractivity contribution in [2.45, 2.75) is 224 Å². The number of ether oxygens (including phenoxy) is 2. The lowest BCUT2D eigenvalue weighted by Gasteiger charge is -2.40. The molecular formula is C42H79NO8. The third kappa shape index (κ3) is 24.6. The second-order valence-corrected chi connectivity index (χ2v) is 14.8. The molecule has 0 bridgehead atoms. The first-order valence-corrected chi connectivity index (χ1v) is 21.1. The Bertz CT molecular complexity index is 853. The van der Waals surface area contributed by atoms with Gasteiger partial charge in [-0.05, 0) is 32.1 Å². The lowest BCUT2D eigenvalue weighted by molar-refractivity contribution is -0.302. The van der Waals surface area contributed by atoms with Crippen molar-refractivity contribution in [3.05, 3.63) is 24.3 Å². The van der Waals surface area contributed by atoms with E-state index < -0.39 is 49.5 Å². The van der Waals surface area contributed by atoms with E-state index in [9.17, 15) is 30.3 Å². The Hall–Kier alpha value is -1.33. The maximum atomic E-state index is 12.8. The first kappa shape index (κ1) is 47.7. The molecule has 300 valence electrons. The zero-order valence-electron chi connectivity index (χ0n) is 32.6. The van der Waals surface area contributed by atoms with Crippen LogP contribution in [0.15, 0.2) is 24.3 Å². The highest BCUT2D eigenvalue weighted by Gasteiger charge is 2.44. The van der Waals surface area contributed by atoms with Crippen LogP contribution in [0.4, 0.5) is 0 Å². The monoisotopic (exact) mass is 726 g/mol. The number of allylic oxidation sites excluding steroid dienone is 3. The Morgan fingerprint density at radius 2 is 1.12 bits per heavy atom. The fraction of sp³-hybridized carbons (Fsp3) is 0.881. The van der Waals surface area contributed by atoms with Crippen LogP contribution in [0.25, 0.3) is 0 Å². The van der Waals surface area contributed by atoms with Crippen molar-refractivity contribution in [1.82, 2.24) is 5.32 Å². The molecule has 1 aliphatic rings. The van der Waals surface area contributed by atoms with Crippen LogP contribution >= 0.6 is 0 Å².